The van der Waals surface area contributed by atoms with Gasteiger partial charge in [0, 0.05) is 30.1 Å². The Hall–Kier alpha value is -1.26. The van der Waals surface area contributed by atoms with Crippen molar-refractivity contribution in [3.8, 4) is 0 Å². The molecule has 0 bridgehead atoms. The molecule has 1 saturated carbocycles. The van der Waals surface area contributed by atoms with Crippen molar-refractivity contribution in [3.05, 3.63) is 51.7 Å². The fourth-order valence-electron chi connectivity index (χ4n) is 1.82. The molecule has 1 N–H and O–H groups in total. The van der Waals surface area contributed by atoms with Crippen molar-refractivity contribution in [3.63, 3.8) is 0 Å². The Balaban J connectivity index is 1.60. The second-order valence-corrected chi connectivity index (χ2v) is 5.88. The molecule has 18 heavy (non-hydrogen) atoms. The van der Waals surface area contributed by atoms with E-state index in [1.54, 1.807) is 11.3 Å². The smallest absolute Gasteiger partial charge is 0.123 e. The number of thiazole rings is 1. The van der Waals surface area contributed by atoms with Gasteiger partial charge < -0.3 is 5.32 Å². The number of nitrogens with zero attached hydrogens (tertiary/aromatic N) is 1. The maximum atomic E-state index is 12.8. The molecule has 0 unspecified atom stereocenters. The first-order chi connectivity index (χ1) is 8.79. The Morgan fingerprint density at radius 3 is 2.78 bits per heavy atom. The SMILES string of the molecule is Fc1ccc(Cc2ncc(CNC3CC3)s2)cc1. The van der Waals surface area contributed by atoms with Crippen LogP contribution in [-0.4, -0.2) is 11.0 Å². The Morgan fingerprint density at radius 2 is 2.06 bits per heavy atom. The summed E-state index contributed by atoms with van der Waals surface area (Å²) in [5.41, 5.74) is 1.10. The van der Waals surface area contributed by atoms with Gasteiger partial charge in [-0.2, -0.15) is 0 Å². The average molecular weight is 262 g/mol. The average Bonchev–Trinajstić information content (AvgIpc) is 3.10. The van der Waals surface area contributed by atoms with Crippen molar-refractivity contribution < 1.29 is 4.39 Å². The normalized spacial score (nSPS) is 14.9. The van der Waals surface area contributed by atoms with Gasteiger partial charge in [-0.1, -0.05) is 12.1 Å². The first kappa shape index (κ1) is 11.8. The molecule has 4 heteroatoms. The number of halogens is 1. The third-order valence-corrected chi connectivity index (χ3v) is 4.01. The van der Waals surface area contributed by atoms with Crippen LogP contribution in [-0.2, 0) is 13.0 Å². The fraction of sp³-hybridized carbons (Fsp3) is 0.357. The summed E-state index contributed by atoms with van der Waals surface area (Å²) in [5.74, 6) is -0.188. The molecule has 1 heterocycles. The molecule has 2 aromatic rings. The Bertz CT molecular complexity index is 517. The summed E-state index contributed by atoms with van der Waals surface area (Å²) >= 11 is 1.73. The molecule has 1 fully saturated rings. The highest BCUT2D eigenvalue weighted by atomic mass is 32.1. The summed E-state index contributed by atoms with van der Waals surface area (Å²) in [5, 5.41) is 4.57. The number of nitrogens with one attached hydrogen (secondary N) is 1. The zero-order valence-electron chi connectivity index (χ0n) is 10.0. The van der Waals surface area contributed by atoms with Crippen LogP contribution in [0.2, 0.25) is 0 Å². The molecule has 1 aliphatic rings. The van der Waals surface area contributed by atoms with Gasteiger partial charge in [0.25, 0.3) is 0 Å². The van der Waals surface area contributed by atoms with Crippen LogP contribution in [0.5, 0.6) is 0 Å². The highest BCUT2D eigenvalue weighted by Crippen LogP contribution is 2.21. The van der Waals surface area contributed by atoms with Crippen LogP contribution < -0.4 is 5.32 Å². The van der Waals surface area contributed by atoms with Gasteiger partial charge in [0.05, 0.1) is 5.01 Å². The monoisotopic (exact) mass is 262 g/mol. The maximum absolute atomic E-state index is 12.8. The lowest BCUT2D eigenvalue weighted by Crippen LogP contribution is -2.14. The van der Waals surface area contributed by atoms with Crippen molar-refractivity contribution in [1.82, 2.24) is 10.3 Å². The van der Waals surface area contributed by atoms with Crippen LogP contribution in [0.15, 0.2) is 30.5 Å². The Labute approximate surface area is 110 Å². The quantitative estimate of drug-likeness (QED) is 0.895. The predicted octanol–water partition coefficient (Wildman–Crippen LogP) is 3.13. The van der Waals surface area contributed by atoms with Gasteiger partial charge in [-0.05, 0) is 30.5 Å². The van der Waals surface area contributed by atoms with E-state index in [0.29, 0.717) is 0 Å². The number of benzene rings is 1. The molecule has 94 valence electrons. The standard InChI is InChI=1S/C14H15FN2S/c15-11-3-1-10(2-4-11)7-14-17-9-13(18-14)8-16-12-5-6-12/h1-4,9,12,16H,5-8H2. The highest BCUT2D eigenvalue weighted by Gasteiger charge is 2.20. The van der Waals surface area contributed by atoms with E-state index in [9.17, 15) is 4.39 Å². The molecular weight excluding hydrogens is 247 g/mol. The van der Waals surface area contributed by atoms with Gasteiger partial charge in [0.2, 0.25) is 0 Å². The predicted molar refractivity (Wildman–Crippen MR) is 71.2 cm³/mol. The third-order valence-electron chi connectivity index (χ3n) is 3.01. The van der Waals surface area contributed by atoms with E-state index in [2.05, 4.69) is 10.3 Å². The summed E-state index contributed by atoms with van der Waals surface area (Å²) in [7, 11) is 0. The molecular formula is C14H15FN2S. The largest absolute Gasteiger partial charge is 0.309 e. The molecule has 0 atom stereocenters. The lowest BCUT2D eigenvalue weighted by Gasteiger charge is -1.98. The molecule has 1 aromatic heterocycles. The van der Waals surface area contributed by atoms with Crippen LogP contribution >= 0.6 is 11.3 Å². The van der Waals surface area contributed by atoms with Crippen LogP contribution in [0.4, 0.5) is 4.39 Å². The van der Waals surface area contributed by atoms with Gasteiger partial charge in [-0.25, -0.2) is 9.37 Å². The number of rotatable bonds is 5. The Morgan fingerprint density at radius 1 is 1.28 bits per heavy atom. The van der Waals surface area contributed by atoms with Gasteiger partial charge >= 0.3 is 0 Å². The summed E-state index contributed by atoms with van der Waals surface area (Å²) in [6.07, 6.45) is 5.34. The highest BCUT2D eigenvalue weighted by molar-refractivity contribution is 7.11. The topological polar surface area (TPSA) is 24.9 Å². The summed E-state index contributed by atoms with van der Waals surface area (Å²) in [4.78, 5) is 5.69. The van der Waals surface area contributed by atoms with E-state index in [1.807, 2.05) is 18.3 Å². The van der Waals surface area contributed by atoms with Gasteiger partial charge in [0.1, 0.15) is 5.82 Å². The van der Waals surface area contributed by atoms with Gasteiger partial charge in [0.15, 0.2) is 0 Å². The van der Waals surface area contributed by atoms with Crippen molar-refractivity contribution in [2.75, 3.05) is 0 Å². The third kappa shape index (κ3) is 3.15. The summed E-state index contributed by atoms with van der Waals surface area (Å²) < 4.78 is 12.8. The number of aromatic nitrogens is 1. The first-order valence-corrected chi connectivity index (χ1v) is 7.02. The maximum Gasteiger partial charge on any atom is 0.123 e. The lowest BCUT2D eigenvalue weighted by atomic mass is 10.2. The Kier molecular flexibility index (Phi) is 3.39. The minimum atomic E-state index is -0.188. The van der Waals surface area contributed by atoms with Crippen LogP contribution in [0, 0.1) is 5.82 Å². The summed E-state index contributed by atoms with van der Waals surface area (Å²) in [6, 6.07) is 7.36. The molecule has 3 rings (SSSR count). The van der Waals surface area contributed by atoms with E-state index in [1.165, 1.54) is 29.9 Å². The zero-order valence-corrected chi connectivity index (χ0v) is 10.8. The van der Waals surface area contributed by atoms with Crippen molar-refractivity contribution >= 4 is 11.3 Å². The van der Waals surface area contributed by atoms with Crippen LogP contribution in [0.3, 0.4) is 0 Å². The molecule has 1 aromatic carbocycles. The van der Waals surface area contributed by atoms with Crippen molar-refractivity contribution in [2.45, 2.75) is 31.8 Å². The molecule has 0 radical (unpaired) electrons. The van der Waals surface area contributed by atoms with Crippen molar-refractivity contribution in [2.24, 2.45) is 0 Å². The first-order valence-electron chi connectivity index (χ1n) is 6.21. The molecule has 0 amide bonds. The van der Waals surface area contributed by atoms with E-state index >= 15 is 0 Å². The summed E-state index contributed by atoms with van der Waals surface area (Å²) in [6.45, 7) is 0.922. The van der Waals surface area contributed by atoms with E-state index < -0.39 is 0 Å². The van der Waals surface area contributed by atoms with Gasteiger partial charge in [-0.15, -0.1) is 11.3 Å². The van der Waals surface area contributed by atoms with Crippen molar-refractivity contribution in [1.29, 1.82) is 0 Å². The van der Waals surface area contributed by atoms with E-state index in [0.717, 1.165) is 29.6 Å². The van der Waals surface area contributed by atoms with E-state index in [-0.39, 0.29) is 5.82 Å². The second kappa shape index (κ2) is 5.16. The molecule has 0 saturated heterocycles. The molecule has 0 aliphatic heterocycles. The molecule has 0 spiro atoms. The number of hydrogen-bond donors (Lipinski definition) is 1. The van der Waals surface area contributed by atoms with E-state index in [4.69, 9.17) is 0 Å². The number of hydrogen-bond acceptors (Lipinski definition) is 3. The van der Waals surface area contributed by atoms with Crippen LogP contribution in [0.1, 0.15) is 28.3 Å². The second-order valence-electron chi connectivity index (χ2n) is 4.68. The van der Waals surface area contributed by atoms with Crippen LogP contribution in [0.25, 0.3) is 0 Å². The zero-order chi connectivity index (χ0) is 12.4. The fourth-order valence-corrected chi connectivity index (χ4v) is 2.73. The molecule has 1 aliphatic carbocycles. The lowest BCUT2D eigenvalue weighted by molar-refractivity contribution is 0.627. The minimum Gasteiger partial charge on any atom is -0.309 e. The van der Waals surface area contributed by atoms with Gasteiger partial charge in [-0.3, -0.25) is 0 Å². The molecule has 2 nitrogen and oxygen atoms in total. The minimum absolute atomic E-state index is 0.188.